The van der Waals surface area contributed by atoms with E-state index < -0.39 is 22.4 Å². The van der Waals surface area contributed by atoms with Crippen LogP contribution < -0.4 is 22.5 Å². The van der Waals surface area contributed by atoms with Crippen LogP contribution in [-0.2, 0) is 4.79 Å². The largest absolute Gasteiger partial charge is 0.342 e. The van der Waals surface area contributed by atoms with Crippen molar-refractivity contribution in [3.05, 3.63) is 56.7 Å². The number of carbonyl (C=O) groups excluding carboxylic acids is 1. The molecule has 0 bridgehead atoms. The first-order valence-corrected chi connectivity index (χ1v) is 6.41. The predicted octanol–water partition coefficient (Wildman–Crippen LogP) is -0.719. The third kappa shape index (κ3) is 3.13. The molecule has 0 unspecified atom stereocenters. The fourth-order valence-electron chi connectivity index (χ4n) is 1.50. The van der Waals surface area contributed by atoms with Gasteiger partial charge in [-0.05, 0) is 5.56 Å². The van der Waals surface area contributed by atoms with Crippen LogP contribution in [0.15, 0.2) is 44.9 Å². The summed E-state index contributed by atoms with van der Waals surface area (Å²) in [7, 11) is 0. The highest BCUT2D eigenvalue weighted by Crippen LogP contribution is 2.32. The molecule has 0 aliphatic rings. The number of nitrogens with one attached hydrogen (secondary N) is 3. The summed E-state index contributed by atoms with van der Waals surface area (Å²) in [4.78, 5) is 36.4. The zero-order valence-electron chi connectivity index (χ0n) is 10.1. The number of hydrazine groups is 1. The van der Waals surface area contributed by atoms with Gasteiger partial charge in [0.2, 0.25) is 0 Å². The summed E-state index contributed by atoms with van der Waals surface area (Å²) in [6.45, 7) is 0. The second-order valence-corrected chi connectivity index (χ2v) is 4.82. The molecule has 104 valence electrons. The molecule has 1 aromatic heterocycles. The Bertz CT molecular complexity index is 712. The maximum absolute atomic E-state index is 11.8. The fraction of sp³-hybridized carbons (Fsp3) is 0.0909. The average Bonchev–Trinajstić information content (AvgIpc) is 2.46. The summed E-state index contributed by atoms with van der Waals surface area (Å²) in [5, 5.41) is 4.96. The molecule has 0 saturated carbocycles. The van der Waals surface area contributed by atoms with E-state index in [4.69, 9.17) is 5.84 Å². The summed E-state index contributed by atoms with van der Waals surface area (Å²) in [5.74, 6) is 4.67. The van der Waals surface area contributed by atoms with E-state index in [1.807, 2.05) is 10.4 Å². The number of aromatic nitrogens is 3. The molecule has 0 saturated heterocycles. The molecule has 1 atom stereocenters. The van der Waals surface area contributed by atoms with E-state index in [9.17, 15) is 14.4 Å². The molecule has 0 aliphatic carbocycles. The average molecular weight is 293 g/mol. The first-order valence-electron chi connectivity index (χ1n) is 5.53. The number of H-pyrrole nitrogens is 2. The number of benzene rings is 1. The number of hydrogen-bond acceptors (Lipinski definition) is 6. The number of nitrogens with two attached hydrogens (primary N) is 1. The Morgan fingerprint density at radius 2 is 2.00 bits per heavy atom. The Morgan fingerprint density at radius 1 is 1.30 bits per heavy atom. The third-order valence-electron chi connectivity index (χ3n) is 2.39. The van der Waals surface area contributed by atoms with Gasteiger partial charge in [-0.25, -0.2) is 15.7 Å². The van der Waals surface area contributed by atoms with Gasteiger partial charge in [-0.2, -0.15) is 5.10 Å². The molecular formula is C11H11N5O3S. The van der Waals surface area contributed by atoms with Crippen LogP contribution in [0.2, 0.25) is 0 Å². The van der Waals surface area contributed by atoms with Crippen LogP contribution in [0.4, 0.5) is 0 Å². The van der Waals surface area contributed by atoms with Gasteiger partial charge < -0.3 is 0 Å². The molecule has 0 fully saturated rings. The van der Waals surface area contributed by atoms with Gasteiger partial charge >= 0.3 is 5.69 Å². The van der Waals surface area contributed by atoms with Gasteiger partial charge in [-0.3, -0.25) is 20.0 Å². The van der Waals surface area contributed by atoms with Crippen LogP contribution in [0.25, 0.3) is 0 Å². The Kier molecular flexibility index (Phi) is 4.33. The lowest BCUT2D eigenvalue weighted by Crippen LogP contribution is -2.34. The minimum absolute atomic E-state index is 0.0259. The number of aromatic amines is 2. The predicted molar refractivity (Wildman–Crippen MR) is 72.8 cm³/mol. The Labute approximate surface area is 116 Å². The Hall–Kier alpha value is -2.39. The molecule has 9 heteroatoms. The molecule has 20 heavy (non-hydrogen) atoms. The highest BCUT2D eigenvalue weighted by atomic mass is 32.2. The van der Waals surface area contributed by atoms with Gasteiger partial charge in [0, 0.05) is 0 Å². The number of hydrogen-bond donors (Lipinski definition) is 4. The van der Waals surface area contributed by atoms with Crippen LogP contribution in [0.5, 0.6) is 0 Å². The molecular weight excluding hydrogens is 282 g/mol. The molecule has 0 spiro atoms. The van der Waals surface area contributed by atoms with Gasteiger partial charge in [0.25, 0.3) is 11.5 Å². The summed E-state index contributed by atoms with van der Waals surface area (Å²) in [5.41, 5.74) is 1.33. The van der Waals surface area contributed by atoms with Crippen molar-refractivity contribution in [2.45, 2.75) is 10.3 Å². The zero-order valence-corrected chi connectivity index (χ0v) is 10.9. The van der Waals surface area contributed by atoms with E-state index >= 15 is 0 Å². The van der Waals surface area contributed by atoms with Crippen molar-refractivity contribution >= 4 is 17.7 Å². The lowest BCUT2D eigenvalue weighted by Gasteiger charge is -2.13. The van der Waals surface area contributed by atoms with E-state index in [-0.39, 0.29) is 5.03 Å². The number of nitrogens with zero attached hydrogens (tertiary/aromatic N) is 1. The summed E-state index contributed by atoms with van der Waals surface area (Å²) >= 11 is 0.893. The molecule has 1 amide bonds. The second-order valence-electron chi connectivity index (χ2n) is 3.73. The van der Waals surface area contributed by atoms with Crippen LogP contribution in [-0.4, -0.2) is 21.1 Å². The highest BCUT2D eigenvalue weighted by Gasteiger charge is 2.23. The number of thioether (sulfide) groups is 1. The lowest BCUT2D eigenvalue weighted by molar-refractivity contribution is -0.120. The summed E-state index contributed by atoms with van der Waals surface area (Å²) < 4.78 is 0. The van der Waals surface area contributed by atoms with Crippen molar-refractivity contribution < 1.29 is 4.79 Å². The molecule has 0 radical (unpaired) electrons. The van der Waals surface area contributed by atoms with Gasteiger partial charge in [-0.1, -0.05) is 42.1 Å². The minimum Gasteiger partial charge on any atom is -0.293 e. The third-order valence-corrected chi connectivity index (χ3v) is 3.61. The first-order chi connectivity index (χ1) is 9.61. The van der Waals surface area contributed by atoms with E-state index in [1.165, 1.54) is 0 Å². The van der Waals surface area contributed by atoms with Crippen molar-refractivity contribution in [3.63, 3.8) is 0 Å². The van der Waals surface area contributed by atoms with E-state index in [0.717, 1.165) is 11.8 Å². The topological polar surface area (TPSA) is 134 Å². The number of amides is 1. The quantitative estimate of drug-likeness (QED) is 0.254. The molecule has 2 rings (SSSR count). The van der Waals surface area contributed by atoms with Crippen LogP contribution in [0.1, 0.15) is 10.8 Å². The van der Waals surface area contributed by atoms with Gasteiger partial charge in [0.05, 0.1) is 0 Å². The summed E-state index contributed by atoms with van der Waals surface area (Å²) in [6.07, 6.45) is 0. The normalized spacial score (nSPS) is 11.8. The highest BCUT2D eigenvalue weighted by molar-refractivity contribution is 8.00. The van der Waals surface area contributed by atoms with Gasteiger partial charge in [0.15, 0.2) is 5.03 Å². The minimum atomic E-state index is -0.749. The van der Waals surface area contributed by atoms with Gasteiger partial charge in [-0.15, -0.1) is 0 Å². The van der Waals surface area contributed by atoms with Crippen molar-refractivity contribution in [2.24, 2.45) is 5.84 Å². The first kappa shape index (κ1) is 14.0. The fourth-order valence-corrected chi connectivity index (χ4v) is 2.45. The molecule has 0 aliphatic heterocycles. The van der Waals surface area contributed by atoms with Crippen molar-refractivity contribution in [1.82, 2.24) is 20.6 Å². The monoisotopic (exact) mass is 293 g/mol. The van der Waals surface area contributed by atoms with E-state index in [1.54, 1.807) is 30.3 Å². The standard InChI is InChI=1S/C11H11N5O3S/c12-14-8(17)7(6-4-2-1-3-5-6)20-10-9(18)13-11(19)16-15-10/h1-5,7H,12H2,(H,14,17)(H2,13,16,18,19)/t7-/m0/s1. The zero-order chi connectivity index (χ0) is 14.5. The Balaban J connectivity index is 2.36. The Morgan fingerprint density at radius 3 is 2.60 bits per heavy atom. The SMILES string of the molecule is NNC(=O)[C@@H](Sc1n[nH]c(=O)[nH]c1=O)c1ccccc1. The number of rotatable bonds is 4. The van der Waals surface area contributed by atoms with Crippen LogP contribution in [0, 0.1) is 0 Å². The van der Waals surface area contributed by atoms with Crippen LogP contribution in [0.3, 0.4) is 0 Å². The van der Waals surface area contributed by atoms with Crippen molar-refractivity contribution in [3.8, 4) is 0 Å². The van der Waals surface area contributed by atoms with E-state index in [0.29, 0.717) is 5.56 Å². The summed E-state index contributed by atoms with van der Waals surface area (Å²) in [6, 6.07) is 8.78. The van der Waals surface area contributed by atoms with Crippen molar-refractivity contribution in [2.75, 3.05) is 0 Å². The molecule has 8 nitrogen and oxygen atoms in total. The molecule has 1 heterocycles. The van der Waals surface area contributed by atoms with Crippen LogP contribution >= 0.6 is 11.8 Å². The molecule has 1 aromatic carbocycles. The molecule has 5 N–H and O–H groups in total. The second kappa shape index (κ2) is 6.17. The maximum atomic E-state index is 11.8. The molecule has 2 aromatic rings. The number of carbonyl (C=O) groups is 1. The maximum Gasteiger partial charge on any atom is 0.342 e. The van der Waals surface area contributed by atoms with Crippen molar-refractivity contribution in [1.29, 1.82) is 0 Å². The van der Waals surface area contributed by atoms with E-state index in [2.05, 4.69) is 10.2 Å². The van der Waals surface area contributed by atoms with Gasteiger partial charge in [0.1, 0.15) is 5.25 Å². The lowest BCUT2D eigenvalue weighted by atomic mass is 10.1. The smallest absolute Gasteiger partial charge is 0.293 e.